The molecule has 0 amide bonds. The van der Waals surface area contributed by atoms with Crippen LogP contribution in [0.3, 0.4) is 0 Å². The summed E-state index contributed by atoms with van der Waals surface area (Å²) in [5.74, 6) is -0.216. The van der Waals surface area contributed by atoms with Crippen molar-refractivity contribution >= 4 is 64.6 Å². The third-order valence-corrected chi connectivity index (χ3v) is 10.4. The summed E-state index contributed by atoms with van der Waals surface area (Å²) in [4.78, 5) is 75.0. The highest BCUT2D eigenvalue weighted by Gasteiger charge is 2.50. The SMILES string of the molecule is CC(C)(COP(=O)(O)OP(=O)(O)OC[C@H]1O[C@@H](n2cnc3c(N)ncnc32)[C@H](O)[C@@H]1OP(=O)(O)O)[C@@H](O)C(=O)CCCC(=O)CCCS. The molecule has 7 atom stereocenters. The lowest BCUT2D eigenvalue weighted by Crippen LogP contribution is -2.39. The Bertz CT molecular complexity index is 1590. The summed E-state index contributed by atoms with van der Waals surface area (Å²) in [5, 5.41) is 21.3. The number of nitrogens with two attached hydrogens (primary N) is 1. The molecule has 25 heteroatoms. The quantitative estimate of drug-likeness (QED) is 0.0682. The predicted molar refractivity (Wildman–Crippen MR) is 166 cm³/mol. The maximum absolute atomic E-state index is 12.6. The molecule has 0 aromatic carbocycles. The van der Waals surface area contributed by atoms with Gasteiger partial charge in [0.15, 0.2) is 23.5 Å². The summed E-state index contributed by atoms with van der Waals surface area (Å²) >= 11 is 4.03. The summed E-state index contributed by atoms with van der Waals surface area (Å²) < 4.78 is 61.8. The van der Waals surface area contributed by atoms with E-state index in [4.69, 9.17) is 19.5 Å². The van der Waals surface area contributed by atoms with Gasteiger partial charge in [-0.1, -0.05) is 13.8 Å². The minimum Gasteiger partial charge on any atom is -0.386 e. The zero-order valence-corrected chi connectivity index (χ0v) is 29.2. The number of ketones is 2. The molecule has 0 radical (unpaired) electrons. The molecule has 272 valence electrons. The van der Waals surface area contributed by atoms with Crippen molar-refractivity contribution < 1.29 is 75.7 Å². The molecule has 0 bridgehead atoms. The highest BCUT2D eigenvalue weighted by Crippen LogP contribution is 2.61. The fourth-order valence-electron chi connectivity index (χ4n) is 4.53. The van der Waals surface area contributed by atoms with Gasteiger partial charge in [-0.25, -0.2) is 28.6 Å². The van der Waals surface area contributed by atoms with Crippen molar-refractivity contribution in [3.63, 3.8) is 0 Å². The fraction of sp³-hybridized carbons (Fsp3) is 0.696. The minimum absolute atomic E-state index is 0.0311. The number of rotatable bonds is 20. The van der Waals surface area contributed by atoms with Crippen LogP contribution in [-0.2, 0) is 45.9 Å². The average Bonchev–Trinajstić information content (AvgIpc) is 3.54. The summed E-state index contributed by atoms with van der Waals surface area (Å²) in [5.41, 5.74) is 4.39. The number of nitrogen functional groups attached to an aromatic ring is 1. The van der Waals surface area contributed by atoms with Crippen LogP contribution in [0.5, 0.6) is 0 Å². The number of hydrogen-bond donors (Lipinski definition) is 8. The minimum atomic E-state index is -5.52. The number of carbonyl (C=O) groups excluding carboxylic acids is 2. The monoisotopic (exact) mass is 765 g/mol. The van der Waals surface area contributed by atoms with E-state index in [-0.39, 0.29) is 42.0 Å². The van der Waals surface area contributed by atoms with Gasteiger partial charge in [-0.05, 0) is 18.6 Å². The van der Waals surface area contributed by atoms with Crippen molar-refractivity contribution in [1.29, 1.82) is 0 Å². The molecule has 1 saturated heterocycles. The van der Waals surface area contributed by atoms with E-state index in [1.165, 1.54) is 13.8 Å². The van der Waals surface area contributed by atoms with Crippen LogP contribution in [0.2, 0.25) is 0 Å². The van der Waals surface area contributed by atoms with Crippen LogP contribution in [0.15, 0.2) is 12.7 Å². The van der Waals surface area contributed by atoms with Crippen molar-refractivity contribution in [1.82, 2.24) is 19.5 Å². The van der Waals surface area contributed by atoms with Crippen LogP contribution >= 0.6 is 36.1 Å². The standard InChI is InChI=1S/C23H38N5O16P3S/c1-23(2,19(32)14(30)7-3-5-13(29)6-4-8-48)10-41-47(38,39)44-46(36,37)40-9-15-18(43-45(33,34)35)17(31)22(42-15)28-12-27-16-20(24)25-11-26-21(16)28/h11-12,15,17-19,22,31-32,48H,3-10H2,1-2H3,(H,36,37)(H,38,39)(H2,24,25,26)(H2,33,34,35)/t15-,17-,18-,19+,22-/m1/s1. The molecule has 0 spiro atoms. The molecular weight excluding hydrogens is 727 g/mol. The largest absolute Gasteiger partial charge is 0.481 e. The van der Waals surface area contributed by atoms with Crippen LogP contribution in [0.25, 0.3) is 11.2 Å². The van der Waals surface area contributed by atoms with Gasteiger partial charge in [0.25, 0.3) is 0 Å². The summed E-state index contributed by atoms with van der Waals surface area (Å²) in [6.45, 7) is 0.712. The van der Waals surface area contributed by atoms with Crippen molar-refractivity contribution in [2.24, 2.45) is 5.41 Å². The number of nitrogens with zero attached hydrogens (tertiary/aromatic N) is 4. The first kappa shape index (κ1) is 40.7. The summed E-state index contributed by atoms with van der Waals surface area (Å²) in [6, 6.07) is 0. The zero-order chi connectivity index (χ0) is 36.1. The number of phosphoric ester groups is 3. The Morgan fingerprint density at radius 2 is 1.71 bits per heavy atom. The highest BCUT2D eigenvalue weighted by atomic mass is 32.1. The molecule has 2 aromatic heterocycles. The van der Waals surface area contributed by atoms with Gasteiger partial charge in [-0.15, -0.1) is 0 Å². The number of aliphatic hydroxyl groups is 2. The topological polar surface area (TPSA) is 322 Å². The molecule has 48 heavy (non-hydrogen) atoms. The second kappa shape index (κ2) is 16.5. The number of phosphoric acid groups is 3. The molecular formula is C23H38N5O16P3S. The number of carbonyl (C=O) groups is 2. The van der Waals surface area contributed by atoms with Crippen LogP contribution in [0, 0.1) is 5.41 Å². The van der Waals surface area contributed by atoms with Gasteiger partial charge in [0.05, 0.1) is 19.5 Å². The number of fused-ring (bicyclic) bond motifs is 1. The predicted octanol–water partition coefficient (Wildman–Crippen LogP) is 0.801. The van der Waals surface area contributed by atoms with Gasteiger partial charge in [-0.3, -0.25) is 27.7 Å². The lowest BCUT2D eigenvalue weighted by molar-refractivity contribution is -0.134. The molecule has 2 aromatic rings. The molecule has 21 nitrogen and oxygen atoms in total. The lowest BCUT2D eigenvalue weighted by atomic mass is 9.84. The maximum Gasteiger partial charge on any atom is 0.481 e. The van der Waals surface area contributed by atoms with Crippen molar-refractivity contribution in [2.75, 3.05) is 24.7 Å². The number of aromatic nitrogens is 4. The van der Waals surface area contributed by atoms with E-state index in [0.29, 0.717) is 18.6 Å². The molecule has 1 fully saturated rings. The molecule has 0 aliphatic carbocycles. The van der Waals surface area contributed by atoms with Crippen LogP contribution in [-0.4, -0.2) is 104 Å². The molecule has 1 aliphatic rings. The van der Waals surface area contributed by atoms with E-state index in [1.807, 2.05) is 0 Å². The Morgan fingerprint density at radius 1 is 1.06 bits per heavy atom. The zero-order valence-electron chi connectivity index (χ0n) is 25.6. The number of thiol groups is 1. The average molecular weight is 766 g/mol. The highest BCUT2D eigenvalue weighted by molar-refractivity contribution is 7.80. The summed E-state index contributed by atoms with van der Waals surface area (Å²) in [6.07, 6.45) is -5.41. The first-order valence-corrected chi connectivity index (χ1v) is 19.3. The Hall–Kier alpha value is -1.71. The van der Waals surface area contributed by atoms with Crippen molar-refractivity contribution in [3.8, 4) is 0 Å². The van der Waals surface area contributed by atoms with Gasteiger partial charge >= 0.3 is 23.5 Å². The second-order valence-electron chi connectivity index (χ2n) is 11.4. The Labute approximate surface area is 279 Å². The second-order valence-corrected chi connectivity index (χ2v) is 16.0. The smallest absolute Gasteiger partial charge is 0.386 e. The van der Waals surface area contributed by atoms with Crippen LogP contribution < -0.4 is 5.73 Å². The molecule has 8 N–H and O–H groups in total. The Kier molecular flexibility index (Phi) is 14.0. The lowest BCUT2D eigenvalue weighted by Gasteiger charge is -2.30. The van der Waals surface area contributed by atoms with Crippen molar-refractivity contribution in [3.05, 3.63) is 12.7 Å². The fourth-order valence-corrected chi connectivity index (χ4v) is 7.52. The molecule has 0 saturated carbocycles. The number of imidazole rings is 1. The van der Waals surface area contributed by atoms with Gasteiger partial charge in [0.2, 0.25) is 0 Å². The first-order chi connectivity index (χ1) is 22.2. The molecule has 3 rings (SSSR count). The molecule has 2 unspecified atom stereocenters. The third kappa shape index (κ3) is 11.4. The number of ether oxygens (including phenoxy) is 1. The summed E-state index contributed by atoms with van der Waals surface area (Å²) in [7, 11) is -16.2. The van der Waals surface area contributed by atoms with Crippen LogP contribution in [0.1, 0.15) is 52.2 Å². The number of hydrogen-bond acceptors (Lipinski definition) is 17. The molecule has 3 heterocycles. The van der Waals surface area contributed by atoms with E-state index in [0.717, 1.165) is 17.2 Å². The number of anilines is 1. The maximum atomic E-state index is 12.6. The van der Waals surface area contributed by atoms with E-state index >= 15 is 0 Å². The Balaban J connectivity index is 1.61. The van der Waals surface area contributed by atoms with E-state index in [9.17, 15) is 53.1 Å². The number of Topliss-reactive ketones (excluding diaryl/α,β-unsaturated/α-hetero) is 2. The van der Waals surface area contributed by atoms with Gasteiger partial charge in [0.1, 0.15) is 42.0 Å². The van der Waals surface area contributed by atoms with Gasteiger partial charge < -0.3 is 40.3 Å². The van der Waals surface area contributed by atoms with Crippen molar-refractivity contribution in [2.45, 2.75) is 76.6 Å². The van der Waals surface area contributed by atoms with E-state index in [1.54, 1.807) is 0 Å². The molecule has 1 aliphatic heterocycles. The Morgan fingerprint density at radius 3 is 2.35 bits per heavy atom. The van der Waals surface area contributed by atoms with E-state index in [2.05, 4.69) is 36.4 Å². The third-order valence-electron chi connectivity index (χ3n) is 6.98. The normalized spacial score (nSPS) is 23.5. The van der Waals surface area contributed by atoms with Crippen LogP contribution in [0.4, 0.5) is 5.82 Å². The van der Waals surface area contributed by atoms with E-state index < -0.39 is 78.5 Å². The van der Waals surface area contributed by atoms with Gasteiger partial charge in [0, 0.05) is 24.7 Å². The first-order valence-electron chi connectivity index (χ1n) is 14.2. The number of aliphatic hydroxyl groups excluding tert-OH is 2. The van der Waals surface area contributed by atoms with Gasteiger partial charge in [-0.2, -0.15) is 16.9 Å².